The Morgan fingerprint density at radius 1 is 1.30 bits per heavy atom. The number of alkyl halides is 3. The molecule has 2 unspecified atom stereocenters. The summed E-state index contributed by atoms with van der Waals surface area (Å²) in [5.74, 6) is 0.262. The number of fused-ring (bicyclic) bond motifs is 2. The van der Waals surface area contributed by atoms with E-state index in [0.717, 1.165) is 12.1 Å². The highest BCUT2D eigenvalue weighted by Crippen LogP contribution is 2.39. The van der Waals surface area contributed by atoms with Crippen molar-refractivity contribution >= 4 is 15.5 Å². The molecule has 2 aliphatic heterocycles. The number of sulfone groups is 1. The Labute approximate surface area is 113 Å². The van der Waals surface area contributed by atoms with Crippen LogP contribution in [0.25, 0.3) is 0 Å². The molecule has 3 rings (SSSR count). The minimum absolute atomic E-state index is 0.0474. The van der Waals surface area contributed by atoms with E-state index in [2.05, 4.69) is 5.32 Å². The molecule has 2 aliphatic rings. The van der Waals surface area contributed by atoms with Crippen molar-refractivity contribution in [1.29, 1.82) is 0 Å². The van der Waals surface area contributed by atoms with Gasteiger partial charge in [0.2, 0.25) is 0 Å². The Bertz CT molecular complexity index is 642. The van der Waals surface area contributed by atoms with E-state index >= 15 is 0 Å². The fourth-order valence-electron chi connectivity index (χ4n) is 2.52. The van der Waals surface area contributed by atoms with Crippen LogP contribution >= 0.6 is 0 Å². The van der Waals surface area contributed by atoms with Gasteiger partial charge in [0.25, 0.3) is 0 Å². The summed E-state index contributed by atoms with van der Waals surface area (Å²) in [5.41, 5.74) is -0.595. The molecule has 0 bridgehead atoms. The van der Waals surface area contributed by atoms with Crippen LogP contribution in [0.2, 0.25) is 0 Å². The van der Waals surface area contributed by atoms with E-state index in [1.807, 2.05) is 0 Å². The quantitative estimate of drug-likeness (QED) is 0.797. The topological polar surface area (TPSA) is 55.4 Å². The summed E-state index contributed by atoms with van der Waals surface area (Å²) in [6.07, 6.45) is -4.41. The van der Waals surface area contributed by atoms with Gasteiger partial charge in [-0.1, -0.05) is 0 Å². The Kier molecular flexibility index (Phi) is 2.89. The molecular weight excluding hydrogens is 295 g/mol. The lowest BCUT2D eigenvalue weighted by molar-refractivity contribution is -0.137. The molecule has 1 saturated heterocycles. The molecule has 1 aromatic carbocycles. The van der Waals surface area contributed by atoms with Crippen LogP contribution in [0.3, 0.4) is 0 Å². The van der Waals surface area contributed by atoms with Crippen molar-refractivity contribution in [3.63, 3.8) is 0 Å². The van der Waals surface area contributed by atoms with Crippen LogP contribution in [0.4, 0.5) is 18.9 Å². The predicted molar refractivity (Wildman–Crippen MR) is 66.5 cm³/mol. The van der Waals surface area contributed by atoms with Gasteiger partial charge in [-0.2, -0.15) is 13.2 Å². The maximum atomic E-state index is 12.6. The van der Waals surface area contributed by atoms with Gasteiger partial charge in [-0.25, -0.2) is 8.42 Å². The van der Waals surface area contributed by atoms with Crippen LogP contribution in [0.15, 0.2) is 18.2 Å². The van der Waals surface area contributed by atoms with Crippen molar-refractivity contribution in [3.05, 3.63) is 23.8 Å². The number of hydrogen-bond acceptors (Lipinski definition) is 4. The molecule has 4 nitrogen and oxygen atoms in total. The third-order valence-corrected chi connectivity index (χ3v) is 5.25. The highest BCUT2D eigenvalue weighted by atomic mass is 32.2. The number of halogens is 3. The molecule has 0 amide bonds. The Morgan fingerprint density at radius 2 is 2.05 bits per heavy atom. The number of anilines is 1. The van der Waals surface area contributed by atoms with E-state index in [-0.39, 0.29) is 23.3 Å². The van der Waals surface area contributed by atoms with Crippen molar-refractivity contribution < 1.29 is 26.3 Å². The molecule has 20 heavy (non-hydrogen) atoms. The zero-order valence-corrected chi connectivity index (χ0v) is 11.1. The van der Waals surface area contributed by atoms with Gasteiger partial charge >= 0.3 is 6.18 Å². The van der Waals surface area contributed by atoms with Gasteiger partial charge in [0.1, 0.15) is 11.9 Å². The highest BCUT2D eigenvalue weighted by Gasteiger charge is 2.39. The Hall–Kier alpha value is -1.44. The van der Waals surface area contributed by atoms with Crippen LogP contribution < -0.4 is 10.1 Å². The maximum Gasteiger partial charge on any atom is 0.416 e. The summed E-state index contributed by atoms with van der Waals surface area (Å²) in [5, 5.41) is 2.86. The summed E-state index contributed by atoms with van der Waals surface area (Å²) in [6.45, 7) is 0. The summed E-state index contributed by atoms with van der Waals surface area (Å²) in [4.78, 5) is 0. The zero-order chi connectivity index (χ0) is 14.5. The van der Waals surface area contributed by atoms with Crippen LogP contribution in [0.1, 0.15) is 12.0 Å². The minimum atomic E-state index is -4.44. The first kappa shape index (κ1) is 13.5. The molecule has 0 radical (unpaired) electrons. The van der Waals surface area contributed by atoms with Gasteiger partial charge in [0.05, 0.1) is 28.8 Å². The normalized spacial score (nSPS) is 27.8. The molecule has 0 spiro atoms. The second-order valence-corrected chi connectivity index (χ2v) is 7.25. The first-order chi connectivity index (χ1) is 9.24. The van der Waals surface area contributed by atoms with E-state index in [9.17, 15) is 21.6 Å². The zero-order valence-electron chi connectivity index (χ0n) is 10.3. The van der Waals surface area contributed by atoms with Crippen molar-refractivity contribution in [1.82, 2.24) is 0 Å². The summed E-state index contributed by atoms with van der Waals surface area (Å²) in [7, 11) is -3.16. The average Bonchev–Trinajstić information content (AvgIpc) is 2.33. The smallest absolute Gasteiger partial charge is 0.416 e. The van der Waals surface area contributed by atoms with Crippen molar-refractivity contribution in [2.75, 3.05) is 16.8 Å². The van der Waals surface area contributed by atoms with E-state index in [0.29, 0.717) is 12.2 Å². The Balaban J connectivity index is 1.92. The molecule has 2 atom stereocenters. The molecule has 0 aliphatic carbocycles. The molecule has 1 fully saturated rings. The summed E-state index contributed by atoms with van der Waals surface area (Å²) < 4.78 is 66.7. The van der Waals surface area contributed by atoms with E-state index in [4.69, 9.17) is 4.74 Å². The van der Waals surface area contributed by atoms with Crippen LogP contribution in [0.5, 0.6) is 5.75 Å². The van der Waals surface area contributed by atoms with Crippen molar-refractivity contribution in [2.45, 2.75) is 24.7 Å². The van der Waals surface area contributed by atoms with Gasteiger partial charge < -0.3 is 10.1 Å². The highest BCUT2D eigenvalue weighted by molar-refractivity contribution is 7.91. The first-order valence-corrected chi connectivity index (χ1v) is 7.92. The van der Waals surface area contributed by atoms with Crippen LogP contribution in [-0.4, -0.2) is 32.1 Å². The minimum Gasteiger partial charge on any atom is -0.486 e. The van der Waals surface area contributed by atoms with Gasteiger partial charge in [-0.05, 0) is 18.2 Å². The number of ether oxygens (including phenoxy) is 1. The van der Waals surface area contributed by atoms with Crippen molar-refractivity contribution in [3.8, 4) is 5.75 Å². The second-order valence-electron chi connectivity index (χ2n) is 5.02. The number of nitrogens with one attached hydrogen (secondary N) is 1. The SMILES string of the molecule is O=S1(=O)CCC2Oc3ccc(C(F)(F)F)cc3NC2C1. The third-order valence-electron chi connectivity index (χ3n) is 3.52. The first-order valence-electron chi connectivity index (χ1n) is 6.09. The molecule has 0 saturated carbocycles. The fraction of sp³-hybridized carbons (Fsp3) is 0.500. The molecule has 0 aromatic heterocycles. The summed E-state index contributed by atoms with van der Waals surface area (Å²) >= 11 is 0. The Morgan fingerprint density at radius 3 is 2.75 bits per heavy atom. The lowest BCUT2D eigenvalue weighted by atomic mass is 10.1. The second kappa shape index (κ2) is 4.28. The van der Waals surface area contributed by atoms with E-state index < -0.39 is 27.6 Å². The largest absolute Gasteiger partial charge is 0.486 e. The average molecular weight is 307 g/mol. The van der Waals surface area contributed by atoms with Gasteiger partial charge in [0.15, 0.2) is 9.84 Å². The van der Waals surface area contributed by atoms with Gasteiger partial charge in [0, 0.05) is 6.42 Å². The molecule has 2 heterocycles. The number of hydrogen-bond donors (Lipinski definition) is 1. The monoisotopic (exact) mass is 307 g/mol. The van der Waals surface area contributed by atoms with Crippen LogP contribution in [-0.2, 0) is 16.0 Å². The van der Waals surface area contributed by atoms with E-state index in [1.54, 1.807) is 0 Å². The lowest BCUT2D eigenvalue weighted by Gasteiger charge is -2.37. The molecule has 110 valence electrons. The predicted octanol–water partition coefficient (Wildman–Crippen LogP) is 2.07. The summed E-state index contributed by atoms with van der Waals surface area (Å²) in [6, 6.07) is 2.68. The molecule has 1 aromatic rings. The molecule has 8 heteroatoms. The lowest BCUT2D eigenvalue weighted by Crippen LogP contribution is -2.50. The molecule has 1 N–H and O–H groups in total. The van der Waals surface area contributed by atoms with Gasteiger partial charge in [-0.3, -0.25) is 0 Å². The number of benzene rings is 1. The van der Waals surface area contributed by atoms with Crippen molar-refractivity contribution in [2.24, 2.45) is 0 Å². The van der Waals surface area contributed by atoms with Gasteiger partial charge in [-0.15, -0.1) is 0 Å². The van der Waals surface area contributed by atoms with Crippen LogP contribution in [0, 0.1) is 0 Å². The van der Waals surface area contributed by atoms with E-state index in [1.165, 1.54) is 6.07 Å². The standard InChI is InChI=1S/C12H12F3NO3S/c13-12(14,15)7-1-2-10-8(5-7)16-9-6-20(17,18)4-3-11(9)19-10/h1-2,5,9,11,16H,3-4,6H2. The molecular formula is C12H12F3NO3S. The fourth-order valence-corrected chi connectivity index (χ4v) is 4.12. The third kappa shape index (κ3) is 2.44. The number of rotatable bonds is 0. The maximum absolute atomic E-state index is 12.6.